The Labute approximate surface area is 142 Å². The van der Waals surface area contributed by atoms with E-state index in [1.54, 1.807) is 11.3 Å². The first kappa shape index (κ1) is 15.7. The predicted octanol–water partition coefficient (Wildman–Crippen LogP) is 4.40. The van der Waals surface area contributed by atoms with Gasteiger partial charge in [0.2, 0.25) is 0 Å². The Hall–Kier alpha value is -1.17. The first-order valence-corrected chi connectivity index (χ1v) is 9.08. The molecule has 0 spiro atoms. The zero-order valence-corrected chi connectivity index (χ0v) is 14.5. The highest BCUT2D eigenvalue weighted by molar-refractivity contribution is 9.10. The molecule has 1 N–H and O–H groups in total. The van der Waals surface area contributed by atoms with Gasteiger partial charge in [-0.2, -0.15) is 0 Å². The van der Waals surface area contributed by atoms with Gasteiger partial charge in [0.25, 0.3) is 0 Å². The van der Waals surface area contributed by atoms with Crippen molar-refractivity contribution >= 4 is 33.2 Å². The van der Waals surface area contributed by atoms with E-state index >= 15 is 0 Å². The molecule has 2 atom stereocenters. The zero-order valence-electron chi connectivity index (χ0n) is 12.1. The molecule has 0 saturated carbocycles. The Kier molecular flexibility index (Phi) is 4.96. The lowest BCUT2D eigenvalue weighted by Gasteiger charge is -2.37. The molecule has 5 heteroatoms. The van der Waals surface area contributed by atoms with Gasteiger partial charge in [0.05, 0.1) is 12.0 Å². The van der Waals surface area contributed by atoms with Crippen molar-refractivity contribution in [3.8, 4) is 0 Å². The van der Waals surface area contributed by atoms with Gasteiger partial charge in [-0.3, -0.25) is 9.69 Å². The molecule has 0 bridgehead atoms. The molecule has 2 aromatic rings. The van der Waals surface area contributed by atoms with Crippen LogP contribution >= 0.6 is 27.3 Å². The van der Waals surface area contributed by atoms with E-state index in [4.69, 9.17) is 0 Å². The van der Waals surface area contributed by atoms with Crippen LogP contribution in [0.2, 0.25) is 0 Å². The van der Waals surface area contributed by atoms with Crippen LogP contribution < -0.4 is 0 Å². The number of hydrogen-bond acceptors (Lipinski definition) is 3. The van der Waals surface area contributed by atoms with Crippen LogP contribution in [0, 0.1) is 5.92 Å². The lowest BCUT2D eigenvalue weighted by molar-refractivity contribution is -0.143. The molecule has 3 rings (SSSR count). The molecule has 1 fully saturated rings. The van der Waals surface area contributed by atoms with E-state index in [1.807, 2.05) is 12.1 Å². The van der Waals surface area contributed by atoms with Gasteiger partial charge < -0.3 is 5.11 Å². The first-order chi connectivity index (χ1) is 10.6. The molecule has 2 unspecified atom stereocenters. The maximum Gasteiger partial charge on any atom is 0.307 e. The van der Waals surface area contributed by atoms with E-state index in [-0.39, 0.29) is 12.0 Å². The minimum Gasteiger partial charge on any atom is -0.481 e. The average molecular weight is 380 g/mol. The average Bonchev–Trinajstić information content (AvgIpc) is 3.02. The van der Waals surface area contributed by atoms with Crippen LogP contribution in [0.15, 0.2) is 46.3 Å². The minimum atomic E-state index is -0.677. The van der Waals surface area contributed by atoms with Gasteiger partial charge in [-0.05, 0) is 48.5 Å². The van der Waals surface area contributed by atoms with Gasteiger partial charge in [0.1, 0.15) is 0 Å². The van der Waals surface area contributed by atoms with Crippen molar-refractivity contribution in [3.63, 3.8) is 0 Å². The number of thiophene rings is 1. The number of nitrogens with zero attached hydrogens (tertiary/aromatic N) is 1. The number of benzene rings is 1. The van der Waals surface area contributed by atoms with E-state index in [1.165, 1.54) is 10.4 Å². The van der Waals surface area contributed by atoms with Gasteiger partial charge >= 0.3 is 5.97 Å². The summed E-state index contributed by atoms with van der Waals surface area (Å²) in [6.07, 6.45) is 1.72. The number of carboxylic acids is 1. The fourth-order valence-corrected chi connectivity index (χ4v) is 4.42. The van der Waals surface area contributed by atoms with E-state index in [0.717, 1.165) is 23.9 Å². The lowest BCUT2D eigenvalue weighted by Crippen LogP contribution is -2.41. The van der Waals surface area contributed by atoms with Crippen LogP contribution in [0.1, 0.15) is 29.3 Å². The Morgan fingerprint density at radius 1 is 1.36 bits per heavy atom. The van der Waals surface area contributed by atoms with Gasteiger partial charge in [-0.1, -0.05) is 34.1 Å². The van der Waals surface area contributed by atoms with Crippen molar-refractivity contribution in [1.82, 2.24) is 4.90 Å². The fourth-order valence-electron chi connectivity index (χ4n) is 3.12. The molecular formula is C17H18BrNO2S. The molecule has 116 valence electrons. The van der Waals surface area contributed by atoms with Crippen molar-refractivity contribution in [2.45, 2.75) is 18.9 Å². The molecule has 1 saturated heterocycles. The van der Waals surface area contributed by atoms with E-state index in [2.05, 4.69) is 50.5 Å². The number of piperidine rings is 1. The van der Waals surface area contributed by atoms with Crippen LogP contribution in [0.4, 0.5) is 0 Å². The molecule has 0 amide bonds. The number of carboxylic acid groups (broad SMARTS) is 1. The third-order valence-corrected chi connectivity index (χ3v) is 5.56. The molecule has 22 heavy (non-hydrogen) atoms. The molecule has 0 radical (unpaired) electrons. The number of carbonyl (C=O) groups is 1. The fraction of sp³-hybridized carbons (Fsp3) is 0.353. The Morgan fingerprint density at radius 2 is 2.23 bits per heavy atom. The maximum atomic E-state index is 11.4. The molecule has 3 nitrogen and oxygen atoms in total. The Balaban J connectivity index is 1.94. The Morgan fingerprint density at radius 3 is 2.91 bits per heavy atom. The van der Waals surface area contributed by atoms with Crippen molar-refractivity contribution in [2.75, 3.05) is 13.1 Å². The van der Waals surface area contributed by atoms with Crippen LogP contribution in [0.5, 0.6) is 0 Å². The largest absolute Gasteiger partial charge is 0.481 e. The van der Waals surface area contributed by atoms with E-state index in [9.17, 15) is 9.90 Å². The van der Waals surface area contributed by atoms with Crippen molar-refractivity contribution in [3.05, 3.63) is 56.7 Å². The third-order valence-electron chi connectivity index (χ3n) is 4.14. The third kappa shape index (κ3) is 3.42. The van der Waals surface area contributed by atoms with Gasteiger partial charge in [0, 0.05) is 15.9 Å². The topological polar surface area (TPSA) is 40.5 Å². The highest BCUT2D eigenvalue weighted by atomic mass is 79.9. The highest BCUT2D eigenvalue weighted by Crippen LogP contribution is 2.35. The first-order valence-electron chi connectivity index (χ1n) is 7.41. The highest BCUT2D eigenvalue weighted by Gasteiger charge is 2.31. The Bertz CT molecular complexity index is 644. The molecular weight excluding hydrogens is 362 g/mol. The lowest BCUT2D eigenvalue weighted by atomic mass is 9.94. The van der Waals surface area contributed by atoms with Crippen LogP contribution in [-0.4, -0.2) is 29.1 Å². The second-order valence-electron chi connectivity index (χ2n) is 5.65. The van der Waals surface area contributed by atoms with Crippen LogP contribution in [0.25, 0.3) is 0 Å². The maximum absolute atomic E-state index is 11.4. The monoisotopic (exact) mass is 379 g/mol. The molecule has 0 aliphatic carbocycles. The molecule has 1 aliphatic heterocycles. The summed E-state index contributed by atoms with van der Waals surface area (Å²) in [6, 6.07) is 12.7. The van der Waals surface area contributed by atoms with E-state index < -0.39 is 5.97 Å². The molecule has 1 aliphatic rings. The molecule has 1 aromatic heterocycles. The number of halogens is 1. The molecule has 1 aromatic carbocycles. The second-order valence-corrected chi connectivity index (χ2v) is 7.54. The number of aliphatic carboxylic acids is 1. The smallest absolute Gasteiger partial charge is 0.307 e. The van der Waals surface area contributed by atoms with Gasteiger partial charge in [-0.25, -0.2) is 0 Å². The van der Waals surface area contributed by atoms with Crippen LogP contribution in [0.3, 0.4) is 0 Å². The summed E-state index contributed by atoms with van der Waals surface area (Å²) in [5, 5.41) is 11.4. The summed E-state index contributed by atoms with van der Waals surface area (Å²) in [5.41, 5.74) is 1.21. The second kappa shape index (κ2) is 6.94. The summed E-state index contributed by atoms with van der Waals surface area (Å²) in [4.78, 5) is 15.0. The quantitative estimate of drug-likeness (QED) is 0.855. The van der Waals surface area contributed by atoms with Crippen molar-refractivity contribution in [1.29, 1.82) is 0 Å². The summed E-state index contributed by atoms with van der Waals surface area (Å²) >= 11 is 5.27. The number of likely N-dealkylation sites (tertiary alicyclic amines) is 1. The van der Waals surface area contributed by atoms with Gasteiger partial charge in [-0.15, -0.1) is 11.3 Å². The van der Waals surface area contributed by atoms with Crippen molar-refractivity contribution < 1.29 is 9.90 Å². The summed E-state index contributed by atoms with van der Waals surface area (Å²) in [6.45, 7) is 1.56. The van der Waals surface area contributed by atoms with Crippen molar-refractivity contribution in [2.24, 2.45) is 5.92 Å². The SMILES string of the molecule is O=C(O)C1CCCN(C(c2cccc(Br)c2)c2cccs2)C1. The van der Waals surface area contributed by atoms with Gasteiger partial charge in [0.15, 0.2) is 0 Å². The zero-order chi connectivity index (χ0) is 15.5. The number of rotatable bonds is 4. The summed E-state index contributed by atoms with van der Waals surface area (Å²) in [5.74, 6) is -0.938. The normalized spacial score (nSPS) is 20.7. The minimum absolute atomic E-state index is 0.139. The van der Waals surface area contributed by atoms with E-state index in [0.29, 0.717) is 6.54 Å². The summed E-state index contributed by atoms with van der Waals surface area (Å²) in [7, 11) is 0. The predicted molar refractivity (Wildman–Crippen MR) is 92.2 cm³/mol. The standard InChI is InChI=1S/C17H18BrNO2S/c18-14-6-1-4-12(10-14)16(15-7-3-9-22-15)19-8-2-5-13(11-19)17(20)21/h1,3-4,6-7,9-10,13,16H,2,5,8,11H2,(H,20,21). The number of hydrogen-bond donors (Lipinski definition) is 1. The summed E-state index contributed by atoms with van der Waals surface area (Å²) < 4.78 is 1.05. The molecule has 2 heterocycles. The van der Waals surface area contributed by atoms with Crippen LogP contribution in [-0.2, 0) is 4.79 Å².